The highest BCUT2D eigenvalue weighted by molar-refractivity contribution is 5.72. The Morgan fingerprint density at radius 1 is 1.38 bits per heavy atom. The quantitative estimate of drug-likeness (QED) is 0.413. The van der Waals surface area contributed by atoms with Gasteiger partial charge < -0.3 is 14.6 Å². The lowest BCUT2D eigenvalue weighted by Crippen LogP contribution is -2.46. The Morgan fingerprint density at radius 2 is 1.88 bits per heavy atom. The molecule has 1 aliphatic heterocycles. The zero-order valence-electron chi connectivity index (χ0n) is 10.8. The fraction of sp³-hybridized carbons (Fsp3) is 0.917. The molecule has 1 rings (SSSR count). The molecular weight excluding hydrogens is 206 g/mol. The fourth-order valence-electron chi connectivity index (χ4n) is 1.76. The maximum atomic E-state index is 11.7. The van der Waals surface area contributed by atoms with Crippen LogP contribution in [-0.4, -0.2) is 37.4 Å². The zero-order chi connectivity index (χ0) is 12.4. The van der Waals surface area contributed by atoms with Crippen LogP contribution in [-0.2, 0) is 9.53 Å². The Hall–Kier alpha value is -0.610. The van der Waals surface area contributed by atoms with E-state index in [0.717, 1.165) is 0 Å². The predicted octanol–water partition coefficient (Wildman–Crippen LogP) is 1.93. The van der Waals surface area contributed by atoms with Crippen LogP contribution >= 0.6 is 0 Å². The molecule has 1 aliphatic rings. The molecule has 94 valence electrons. The minimum atomic E-state index is -0.219. The van der Waals surface area contributed by atoms with Crippen molar-refractivity contribution in [3.8, 4) is 0 Å². The predicted molar refractivity (Wildman–Crippen MR) is 62.4 cm³/mol. The van der Waals surface area contributed by atoms with Crippen LogP contribution in [0.2, 0.25) is 0 Å². The number of piperidine rings is 1. The molecule has 0 radical (unpaired) electrons. The Labute approximate surface area is 97.7 Å². The minimum Gasteiger partial charge on any atom is -0.633 e. The molecule has 1 heterocycles. The van der Waals surface area contributed by atoms with Crippen molar-refractivity contribution in [2.45, 2.75) is 33.6 Å². The molecule has 0 N–H and O–H groups in total. The number of esters is 1. The van der Waals surface area contributed by atoms with Gasteiger partial charge in [-0.25, -0.2) is 0 Å². The molecule has 1 saturated heterocycles. The lowest BCUT2D eigenvalue weighted by Gasteiger charge is -2.43. The normalized spacial score (nSPS) is 31.2. The van der Waals surface area contributed by atoms with E-state index in [1.165, 1.54) is 0 Å². The molecule has 0 atom stereocenters. The summed E-state index contributed by atoms with van der Waals surface area (Å²) in [5.41, 5.74) is 0.00738. The molecule has 16 heavy (non-hydrogen) atoms. The summed E-state index contributed by atoms with van der Waals surface area (Å²) in [5.74, 6) is -0.197. The van der Waals surface area contributed by atoms with Gasteiger partial charge in [-0.2, -0.15) is 0 Å². The average Bonchev–Trinajstić information content (AvgIpc) is 2.13. The minimum absolute atomic E-state index is 0.00738. The van der Waals surface area contributed by atoms with Crippen LogP contribution < -0.4 is 0 Å². The molecule has 4 heteroatoms. The SMILES string of the molecule is CC(C)(C)COC(=O)C1CC[N+](C)([O-])CC1. The van der Waals surface area contributed by atoms with Crippen molar-refractivity contribution in [2.24, 2.45) is 11.3 Å². The molecule has 0 unspecified atom stereocenters. The van der Waals surface area contributed by atoms with Crippen LogP contribution in [0, 0.1) is 16.5 Å². The summed E-state index contributed by atoms with van der Waals surface area (Å²) in [6.07, 6.45) is 1.31. The summed E-state index contributed by atoms with van der Waals surface area (Å²) in [4.78, 5) is 11.7. The topological polar surface area (TPSA) is 49.4 Å². The highest BCUT2D eigenvalue weighted by atomic mass is 16.5. The van der Waals surface area contributed by atoms with Crippen LogP contribution in [0.25, 0.3) is 0 Å². The molecule has 4 nitrogen and oxygen atoms in total. The summed E-state index contributed by atoms with van der Waals surface area (Å²) >= 11 is 0. The van der Waals surface area contributed by atoms with Crippen molar-refractivity contribution in [1.82, 2.24) is 0 Å². The van der Waals surface area contributed by atoms with E-state index in [1.54, 1.807) is 7.05 Å². The van der Waals surface area contributed by atoms with Crippen molar-refractivity contribution in [1.29, 1.82) is 0 Å². The van der Waals surface area contributed by atoms with Crippen LogP contribution in [0.3, 0.4) is 0 Å². The van der Waals surface area contributed by atoms with E-state index in [1.807, 2.05) is 20.8 Å². The fourth-order valence-corrected chi connectivity index (χ4v) is 1.76. The number of carbonyl (C=O) groups is 1. The molecular formula is C12H23NO3. The first-order valence-electron chi connectivity index (χ1n) is 5.92. The van der Waals surface area contributed by atoms with Crippen LogP contribution in [0.5, 0.6) is 0 Å². The number of rotatable bonds is 2. The van der Waals surface area contributed by atoms with Crippen molar-refractivity contribution in [3.05, 3.63) is 5.21 Å². The van der Waals surface area contributed by atoms with E-state index in [9.17, 15) is 10.0 Å². The maximum Gasteiger partial charge on any atom is 0.309 e. The van der Waals surface area contributed by atoms with Gasteiger partial charge in [-0.3, -0.25) is 4.79 Å². The standard InChI is InChI=1S/C12H23NO3/c1-12(2,3)9-16-11(14)10-5-7-13(4,15)8-6-10/h10H,5-9H2,1-4H3. The van der Waals surface area contributed by atoms with E-state index in [0.29, 0.717) is 32.5 Å². The summed E-state index contributed by atoms with van der Waals surface area (Å²) < 4.78 is 5.05. The molecule has 0 aliphatic carbocycles. The first-order chi connectivity index (χ1) is 7.20. The van der Waals surface area contributed by atoms with Crippen molar-refractivity contribution in [2.75, 3.05) is 26.7 Å². The number of hydrogen-bond donors (Lipinski definition) is 0. The van der Waals surface area contributed by atoms with Gasteiger partial charge in [-0.15, -0.1) is 0 Å². The molecule has 0 bridgehead atoms. The van der Waals surface area contributed by atoms with Gasteiger partial charge in [-0.1, -0.05) is 20.8 Å². The molecule has 0 saturated carbocycles. The number of nitrogens with zero attached hydrogens (tertiary/aromatic N) is 1. The average molecular weight is 229 g/mol. The second-order valence-electron chi connectivity index (χ2n) is 6.19. The highest BCUT2D eigenvalue weighted by Crippen LogP contribution is 2.23. The van der Waals surface area contributed by atoms with E-state index < -0.39 is 0 Å². The van der Waals surface area contributed by atoms with Crippen LogP contribution in [0.1, 0.15) is 33.6 Å². The first kappa shape index (κ1) is 13.5. The third-order valence-corrected chi connectivity index (χ3v) is 2.88. The molecule has 0 aromatic carbocycles. The van der Waals surface area contributed by atoms with Gasteiger partial charge in [0.25, 0.3) is 0 Å². The second-order valence-corrected chi connectivity index (χ2v) is 6.19. The van der Waals surface area contributed by atoms with Gasteiger partial charge in [0.05, 0.1) is 32.7 Å². The van der Waals surface area contributed by atoms with Gasteiger partial charge in [-0.05, 0) is 5.41 Å². The second kappa shape index (κ2) is 4.72. The van der Waals surface area contributed by atoms with Crippen molar-refractivity contribution in [3.63, 3.8) is 0 Å². The summed E-state index contributed by atoms with van der Waals surface area (Å²) in [5, 5.41) is 11.6. The lowest BCUT2D eigenvalue weighted by atomic mass is 9.96. The van der Waals surface area contributed by atoms with Gasteiger partial charge in [0.2, 0.25) is 0 Å². The van der Waals surface area contributed by atoms with E-state index in [-0.39, 0.29) is 21.9 Å². The van der Waals surface area contributed by atoms with E-state index >= 15 is 0 Å². The molecule has 0 spiro atoms. The van der Waals surface area contributed by atoms with Gasteiger partial charge in [0.15, 0.2) is 0 Å². The van der Waals surface area contributed by atoms with Crippen molar-refractivity contribution >= 4 is 5.97 Å². The zero-order valence-corrected chi connectivity index (χ0v) is 10.8. The smallest absolute Gasteiger partial charge is 0.309 e. The van der Waals surface area contributed by atoms with E-state index in [4.69, 9.17) is 4.74 Å². The third-order valence-electron chi connectivity index (χ3n) is 2.88. The van der Waals surface area contributed by atoms with Crippen LogP contribution in [0.4, 0.5) is 0 Å². The lowest BCUT2D eigenvalue weighted by molar-refractivity contribution is -0.866. The number of likely N-dealkylation sites (tertiary alicyclic amines) is 1. The van der Waals surface area contributed by atoms with Crippen molar-refractivity contribution < 1.29 is 14.2 Å². The summed E-state index contributed by atoms with van der Waals surface area (Å²) in [6.45, 7) is 7.60. The number of quaternary nitrogens is 1. The number of carbonyl (C=O) groups excluding carboxylic acids is 1. The maximum absolute atomic E-state index is 11.7. The molecule has 0 aromatic rings. The van der Waals surface area contributed by atoms with E-state index in [2.05, 4.69) is 0 Å². The molecule has 0 amide bonds. The monoisotopic (exact) mass is 229 g/mol. The van der Waals surface area contributed by atoms with Gasteiger partial charge >= 0.3 is 5.97 Å². The summed E-state index contributed by atoms with van der Waals surface area (Å²) in [7, 11) is 1.66. The Balaban J connectivity index is 2.34. The highest BCUT2D eigenvalue weighted by Gasteiger charge is 2.30. The van der Waals surface area contributed by atoms with Crippen LogP contribution in [0.15, 0.2) is 0 Å². The Kier molecular flexibility index (Phi) is 3.97. The Bertz CT molecular complexity index is 245. The van der Waals surface area contributed by atoms with Gasteiger partial charge in [0, 0.05) is 12.8 Å². The Morgan fingerprint density at radius 3 is 2.31 bits per heavy atom. The number of hydroxylamine groups is 3. The number of ether oxygens (including phenoxy) is 1. The molecule has 0 aromatic heterocycles. The number of hydrogen-bond acceptors (Lipinski definition) is 3. The first-order valence-corrected chi connectivity index (χ1v) is 5.92. The van der Waals surface area contributed by atoms with Gasteiger partial charge in [0.1, 0.15) is 0 Å². The third kappa shape index (κ3) is 4.49. The molecule has 1 fully saturated rings. The largest absolute Gasteiger partial charge is 0.633 e. The summed E-state index contributed by atoms with van der Waals surface area (Å²) in [6, 6.07) is 0.